The number of hydrogen-bond acceptors (Lipinski definition) is 1. The molecular formula is C22H22O. The Labute approximate surface area is 137 Å². The molecule has 1 saturated carbocycles. The van der Waals surface area contributed by atoms with Crippen LogP contribution >= 0.6 is 0 Å². The highest BCUT2D eigenvalue weighted by atomic mass is 16.1. The van der Waals surface area contributed by atoms with E-state index in [1.807, 2.05) is 0 Å². The van der Waals surface area contributed by atoms with Crippen LogP contribution in [0.4, 0.5) is 0 Å². The van der Waals surface area contributed by atoms with Crippen LogP contribution in [0.2, 0.25) is 0 Å². The van der Waals surface area contributed by atoms with Crippen LogP contribution in [0.25, 0.3) is 10.8 Å². The third-order valence-corrected chi connectivity index (χ3v) is 6.61. The standard InChI is InChI=1S/C22H22O/c1-2-14-3-5-16-11-19-20(12-17(16)9-14)22(8-7-21(19)23)13-15-4-6-18(22)10-15/h3-5,9,11-12,18H,2,6-8,10,13H2,1H3. The molecule has 1 fully saturated rings. The molecule has 0 aromatic heterocycles. The largest absolute Gasteiger partial charge is 0.294 e. The van der Waals surface area contributed by atoms with Crippen molar-refractivity contribution in [1.29, 1.82) is 0 Å². The topological polar surface area (TPSA) is 17.1 Å². The van der Waals surface area contributed by atoms with Gasteiger partial charge in [-0.05, 0) is 72.1 Å². The monoisotopic (exact) mass is 302 g/mol. The van der Waals surface area contributed by atoms with Gasteiger partial charge in [-0.1, -0.05) is 36.8 Å². The second-order valence-corrected chi connectivity index (χ2v) is 7.69. The summed E-state index contributed by atoms with van der Waals surface area (Å²) in [5, 5.41) is 2.53. The summed E-state index contributed by atoms with van der Waals surface area (Å²) in [6.07, 6.45) is 8.97. The maximum absolute atomic E-state index is 12.6. The Balaban J connectivity index is 1.77. The molecule has 1 heteroatoms. The lowest BCUT2D eigenvalue weighted by molar-refractivity contribution is 0.0940. The molecular weight excluding hydrogens is 280 g/mol. The number of Topliss-reactive ketones (excluding diaryl/α,β-unsaturated/α-hetero) is 1. The Morgan fingerprint density at radius 2 is 2.09 bits per heavy atom. The molecule has 0 amide bonds. The van der Waals surface area contributed by atoms with E-state index in [0.717, 1.165) is 30.7 Å². The molecule has 5 rings (SSSR count). The van der Waals surface area contributed by atoms with Crippen molar-refractivity contribution in [1.82, 2.24) is 0 Å². The maximum Gasteiger partial charge on any atom is 0.163 e. The number of fused-ring (bicyclic) bond motifs is 6. The molecule has 0 aliphatic heterocycles. The number of aryl methyl sites for hydroxylation is 1. The fourth-order valence-electron chi connectivity index (χ4n) is 5.33. The third kappa shape index (κ3) is 1.77. The molecule has 23 heavy (non-hydrogen) atoms. The van der Waals surface area contributed by atoms with Crippen LogP contribution in [0.1, 0.15) is 60.5 Å². The third-order valence-electron chi connectivity index (χ3n) is 6.61. The van der Waals surface area contributed by atoms with Crippen LogP contribution in [0.15, 0.2) is 42.0 Å². The van der Waals surface area contributed by atoms with Crippen molar-refractivity contribution in [3.63, 3.8) is 0 Å². The molecule has 1 nitrogen and oxygen atoms in total. The second-order valence-electron chi connectivity index (χ2n) is 7.69. The van der Waals surface area contributed by atoms with Crippen LogP contribution < -0.4 is 0 Å². The van der Waals surface area contributed by atoms with Crippen molar-refractivity contribution in [3.05, 3.63) is 58.7 Å². The van der Waals surface area contributed by atoms with Crippen LogP contribution in [-0.2, 0) is 11.8 Å². The van der Waals surface area contributed by atoms with Crippen molar-refractivity contribution in [2.75, 3.05) is 0 Å². The molecule has 2 aromatic carbocycles. The van der Waals surface area contributed by atoms with Crippen LogP contribution in [0.3, 0.4) is 0 Å². The summed E-state index contributed by atoms with van der Waals surface area (Å²) >= 11 is 0. The molecule has 2 bridgehead atoms. The van der Waals surface area contributed by atoms with Gasteiger partial charge in [-0.25, -0.2) is 0 Å². The fraction of sp³-hybridized carbons (Fsp3) is 0.409. The molecule has 3 aliphatic carbocycles. The first-order valence-corrected chi connectivity index (χ1v) is 8.98. The second kappa shape index (κ2) is 4.56. The first-order valence-electron chi connectivity index (χ1n) is 8.98. The quantitative estimate of drug-likeness (QED) is 0.648. The number of carbonyl (C=O) groups excluding carboxylic acids is 1. The average Bonchev–Trinajstić information content (AvgIpc) is 3.18. The van der Waals surface area contributed by atoms with Gasteiger partial charge in [-0.3, -0.25) is 4.79 Å². The van der Waals surface area contributed by atoms with E-state index in [4.69, 9.17) is 0 Å². The summed E-state index contributed by atoms with van der Waals surface area (Å²) in [6, 6.07) is 11.2. The molecule has 2 unspecified atom stereocenters. The highest BCUT2D eigenvalue weighted by molar-refractivity contribution is 6.03. The van der Waals surface area contributed by atoms with Crippen LogP contribution in [0.5, 0.6) is 0 Å². The summed E-state index contributed by atoms with van der Waals surface area (Å²) in [6.45, 7) is 2.20. The Morgan fingerprint density at radius 3 is 2.83 bits per heavy atom. The molecule has 0 saturated heterocycles. The van der Waals surface area contributed by atoms with Crippen molar-refractivity contribution in [2.45, 2.75) is 50.9 Å². The first kappa shape index (κ1) is 13.5. The number of rotatable bonds is 1. The molecule has 0 heterocycles. The Bertz CT molecular complexity index is 873. The van der Waals surface area contributed by atoms with Gasteiger partial charge in [0.05, 0.1) is 0 Å². The Hall–Kier alpha value is -1.89. The fourth-order valence-corrected chi connectivity index (χ4v) is 5.33. The minimum Gasteiger partial charge on any atom is -0.294 e. The first-order chi connectivity index (χ1) is 11.2. The Kier molecular flexibility index (Phi) is 2.69. The molecule has 0 radical (unpaired) electrons. The van der Waals surface area contributed by atoms with Gasteiger partial charge in [0, 0.05) is 17.4 Å². The minimum absolute atomic E-state index is 0.254. The van der Waals surface area contributed by atoms with Crippen molar-refractivity contribution in [2.24, 2.45) is 5.92 Å². The van der Waals surface area contributed by atoms with Crippen molar-refractivity contribution < 1.29 is 4.79 Å². The summed E-state index contributed by atoms with van der Waals surface area (Å²) in [4.78, 5) is 12.6. The van der Waals surface area contributed by atoms with Gasteiger partial charge in [-0.15, -0.1) is 0 Å². The van der Waals surface area contributed by atoms with E-state index < -0.39 is 0 Å². The zero-order chi connectivity index (χ0) is 15.6. The summed E-state index contributed by atoms with van der Waals surface area (Å²) < 4.78 is 0. The van der Waals surface area contributed by atoms with E-state index in [-0.39, 0.29) is 5.41 Å². The van der Waals surface area contributed by atoms with E-state index in [0.29, 0.717) is 5.78 Å². The molecule has 2 aromatic rings. The normalized spacial score (nSPS) is 28.5. The number of carbonyl (C=O) groups is 1. The number of ketones is 1. The van der Waals surface area contributed by atoms with E-state index in [2.05, 4.69) is 43.3 Å². The van der Waals surface area contributed by atoms with Gasteiger partial charge < -0.3 is 0 Å². The lowest BCUT2D eigenvalue weighted by Gasteiger charge is -2.41. The van der Waals surface area contributed by atoms with Gasteiger partial charge >= 0.3 is 0 Å². The van der Waals surface area contributed by atoms with Gasteiger partial charge in [-0.2, -0.15) is 0 Å². The average molecular weight is 302 g/mol. The summed E-state index contributed by atoms with van der Waals surface area (Å²) in [5.74, 6) is 1.08. The SMILES string of the molecule is CCc1ccc2cc3c(cc2c1)C1(CCC3=O)CC2=CCC1C2. The van der Waals surface area contributed by atoms with E-state index in [9.17, 15) is 4.79 Å². The highest BCUT2D eigenvalue weighted by Gasteiger charge is 2.51. The summed E-state index contributed by atoms with van der Waals surface area (Å²) in [7, 11) is 0. The maximum atomic E-state index is 12.6. The lowest BCUT2D eigenvalue weighted by atomic mass is 9.62. The van der Waals surface area contributed by atoms with Crippen LogP contribution in [0, 0.1) is 5.92 Å². The number of hydrogen-bond donors (Lipinski definition) is 0. The predicted molar refractivity (Wildman–Crippen MR) is 94.0 cm³/mol. The van der Waals surface area contributed by atoms with E-state index in [1.54, 1.807) is 5.57 Å². The van der Waals surface area contributed by atoms with Gasteiger partial charge in [0.25, 0.3) is 0 Å². The summed E-state index contributed by atoms with van der Waals surface area (Å²) in [5.41, 5.74) is 5.65. The smallest absolute Gasteiger partial charge is 0.163 e. The van der Waals surface area contributed by atoms with Gasteiger partial charge in [0.15, 0.2) is 5.78 Å². The zero-order valence-electron chi connectivity index (χ0n) is 13.7. The predicted octanol–water partition coefficient (Wildman–Crippen LogP) is 5.36. The zero-order valence-corrected chi connectivity index (χ0v) is 13.7. The van der Waals surface area contributed by atoms with Gasteiger partial charge in [0.1, 0.15) is 0 Å². The Morgan fingerprint density at radius 1 is 1.17 bits per heavy atom. The molecule has 1 spiro atoms. The highest BCUT2D eigenvalue weighted by Crippen LogP contribution is 2.58. The molecule has 0 N–H and O–H groups in total. The number of benzene rings is 2. The van der Waals surface area contributed by atoms with E-state index in [1.165, 1.54) is 41.2 Å². The van der Waals surface area contributed by atoms with Crippen molar-refractivity contribution >= 4 is 16.6 Å². The molecule has 116 valence electrons. The molecule has 3 aliphatic rings. The van der Waals surface area contributed by atoms with Gasteiger partial charge in [0.2, 0.25) is 0 Å². The number of allylic oxidation sites excluding steroid dienone is 2. The van der Waals surface area contributed by atoms with E-state index >= 15 is 0 Å². The lowest BCUT2D eigenvalue weighted by Crippen LogP contribution is -2.37. The molecule has 2 atom stereocenters. The minimum atomic E-state index is 0.254. The van der Waals surface area contributed by atoms with Crippen molar-refractivity contribution in [3.8, 4) is 0 Å². The van der Waals surface area contributed by atoms with Crippen LogP contribution in [-0.4, -0.2) is 5.78 Å².